The molecule has 1 aliphatic heterocycles. The van der Waals surface area contributed by atoms with E-state index in [-0.39, 0.29) is 5.91 Å². The van der Waals surface area contributed by atoms with Gasteiger partial charge in [0.2, 0.25) is 0 Å². The molecular weight excluding hydrogens is 264 g/mol. The van der Waals surface area contributed by atoms with Crippen molar-refractivity contribution in [2.75, 3.05) is 6.61 Å². The standard InChI is InChI=1S/C14H19ClN2O2/c1-5-8-11(15)17-13-10(6-2)16-14(18)12(13)9(4)19-7-3/h6,8H,5,7H2,1-4H3,(H,16,18)/b10-6+,11-8+,12-9-,17-13+. The molecular formula is C14H19ClN2O2. The summed E-state index contributed by atoms with van der Waals surface area (Å²) in [7, 11) is 0. The number of hydrogen-bond donors (Lipinski definition) is 1. The molecule has 0 atom stereocenters. The van der Waals surface area contributed by atoms with Gasteiger partial charge in [0.05, 0.1) is 12.3 Å². The van der Waals surface area contributed by atoms with Crippen LogP contribution in [0.4, 0.5) is 0 Å². The first kappa shape index (κ1) is 15.5. The molecule has 1 N–H and O–H groups in total. The lowest BCUT2D eigenvalue weighted by molar-refractivity contribution is -0.115. The number of ether oxygens (including phenoxy) is 1. The van der Waals surface area contributed by atoms with E-state index in [4.69, 9.17) is 16.3 Å². The van der Waals surface area contributed by atoms with E-state index in [0.29, 0.717) is 34.5 Å². The molecule has 0 aromatic heterocycles. The van der Waals surface area contributed by atoms with Crippen LogP contribution in [0.15, 0.2) is 39.3 Å². The highest BCUT2D eigenvalue weighted by molar-refractivity contribution is 6.37. The van der Waals surface area contributed by atoms with Crippen molar-refractivity contribution in [1.82, 2.24) is 5.32 Å². The molecule has 1 heterocycles. The summed E-state index contributed by atoms with van der Waals surface area (Å²) in [5, 5.41) is 3.13. The van der Waals surface area contributed by atoms with E-state index < -0.39 is 0 Å². The fraction of sp³-hybridized carbons (Fsp3) is 0.429. The van der Waals surface area contributed by atoms with Gasteiger partial charge in [-0.05, 0) is 33.3 Å². The highest BCUT2D eigenvalue weighted by Gasteiger charge is 2.31. The van der Waals surface area contributed by atoms with E-state index in [2.05, 4.69) is 10.3 Å². The van der Waals surface area contributed by atoms with Crippen molar-refractivity contribution in [3.8, 4) is 0 Å². The van der Waals surface area contributed by atoms with Gasteiger partial charge in [-0.2, -0.15) is 0 Å². The van der Waals surface area contributed by atoms with Crippen molar-refractivity contribution >= 4 is 23.2 Å². The Labute approximate surface area is 118 Å². The average molecular weight is 283 g/mol. The third kappa shape index (κ3) is 3.70. The third-order valence-electron chi connectivity index (χ3n) is 2.56. The molecule has 19 heavy (non-hydrogen) atoms. The monoisotopic (exact) mass is 282 g/mol. The largest absolute Gasteiger partial charge is 0.498 e. The molecule has 0 saturated carbocycles. The smallest absolute Gasteiger partial charge is 0.261 e. The summed E-state index contributed by atoms with van der Waals surface area (Å²) in [5.41, 5.74) is 1.63. The summed E-state index contributed by atoms with van der Waals surface area (Å²) in [6.45, 7) is 7.93. The van der Waals surface area contributed by atoms with E-state index in [1.165, 1.54) is 0 Å². The molecule has 0 bridgehead atoms. The van der Waals surface area contributed by atoms with Crippen LogP contribution in [0, 0.1) is 0 Å². The van der Waals surface area contributed by atoms with Crippen LogP contribution in [-0.2, 0) is 9.53 Å². The number of nitrogens with zero attached hydrogens (tertiary/aromatic N) is 1. The van der Waals surface area contributed by atoms with Crippen molar-refractivity contribution < 1.29 is 9.53 Å². The zero-order chi connectivity index (χ0) is 14.4. The summed E-state index contributed by atoms with van der Waals surface area (Å²) in [6.07, 6.45) is 4.36. The Balaban J connectivity index is 3.31. The normalized spacial score (nSPS) is 23.0. The van der Waals surface area contributed by atoms with Crippen LogP contribution in [0.2, 0.25) is 0 Å². The predicted octanol–water partition coefficient (Wildman–Crippen LogP) is 3.26. The van der Waals surface area contributed by atoms with Gasteiger partial charge in [-0.25, -0.2) is 4.99 Å². The number of nitrogens with one attached hydrogen (secondary N) is 1. The highest BCUT2D eigenvalue weighted by atomic mass is 35.5. The average Bonchev–Trinajstić information content (AvgIpc) is 2.66. The Morgan fingerprint density at radius 1 is 1.47 bits per heavy atom. The topological polar surface area (TPSA) is 50.7 Å². The predicted molar refractivity (Wildman–Crippen MR) is 77.9 cm³/mol. The van der Waals surface area contributed by atoms with Crippen molar-refractivity contribution in [1.29, 1.82) is 0 Å². The number of rotatable bonds is 4. The molecule has 0 aliphatic carbocycles. The number of carbonyl (C=O) groups is 1. The minimum absolute atomic E-state index is 0.209. The van der Waals surface area contributed by atoms with Crippen LogP contribution in [-0.4, -0.2) is 18.2 Å². The molecule has 4 nitrogen and oxygen atoms in total. The second-order valence-electron chi connectivity index (χ2n) is 3.92. The Hall–Kier alpha value is -1.55. The molecule has 0 radical (unpaired) electrons. The molecule has 1 saturated heterocycles. The number of halogens is 1. The van der Waals surface area contributed by atoms with E-state index in [1.54, 1.807) is 19.1 Å². The molecule has 0 aromatic rings. The van der Waals surface area contributed by atoms with Crippen LogP contribution in [0.5, 0.6) is 0 Å². The van der Waals surface area contributed by atoms with Crippen LogP contribution >= 0.6 is 11.6 Å². The van der Waals surface area contributed by atoms with Crippen molar-refractivity contribution in [3.05, 3.63) is 34.3 Å². The molecule has 0 spiro atoms. The first-order chi connectivity index (χ1) is 9.04. The van der Waals surface area contributed by atoms with Gasteiger partial charge in [0.15, 0.2) is 0 Å². The quantitative estimate of drug-likeness (QED) is 0.489. The van der Waals surface area contributed by atoms with Gasteiger partial charge in [0, 0.05) is 0 Å². The van der Waals surface area contributed by atoms with Crippen LogP contribution in [0.25, 0.3) is 0 Å². The highest BCUT2D eigenvalue weighted by Crippen LogP contribution is 2.22. The molecule has 5 heteroatoms. The molecule has 0 unspecified atom stereocenters. The van der Waals surface area contributed by atoms with Gasteiger partial charge in [-0.1, -0.05) is 24.6 Å². The lowest BCUT2D eigenvalue weighted by Gasteiger charge is -2.06. The molecule has 1 aliphatic rings. The van der Waals surface area contributed by atoms with E-state index in [1.807, 2.05) is 20.8 Å². The molecule has 0 aromatic carbocycles. The summed E-state index contributed by atoms with van der Waals surface area (Å²) in [4.78, 5) is 16.3. The second kappa shape index (κ2) is 7.14. The number of allylic oxidation sites excluding steroid dienone is 4. The molecule has 1 fully saturated rings. The van der Waals surface area contributed by atoms with E-state index >= 15 is 0 Å². The van der Waals surface area contributed by atoms with Gasteiger partial charge in [0.1, 0.15) is 22.2 Å². The van der Waals surface area contributed by atoms with Gasteiger partial charge in [0.25, 0.3) is 5.91 Å². The summed E-state index contributed by atoms with van der Waals surface area (Å²) < 4.78 is 5.41. The zero-order valence-electron chi connectivity index (χ0n) is 11.7. The van der Waals surface area contributed by atoms with E-state index in [9.17, 15) is 4.79 Å². The Morgan fingerprint density at radius 3 is 2.68 bits per heavy atom. The molecule has 1 amide bonds. The van der Waals surface area contributed by atoms with Gasteiger partial charge >= 0.3 is 0 Å². The summed E-state index contributed by atoms with van der Waals surface area (Å²) in [5.74, 6) is 0.343. The molecule has 1 rings (SSSR count). The lowest BCUT2D eigenvalue weighted by Crippen LogP contribution is -2.14. The molecule has 104 valence electrons. The first-order valence-corrected chi connectivity index (χ1v) is 6.69. The number of carbonyl (C=O) groups excluding carboxylic acids is 1. The van der Waals surface area contributed by atoms with Crippen LogP contribution < -0.4 is 5.32 Å². The van der Waals surface area contributed by atoms with Crippen molar-refractivity contribution in [2.45, 2.75) is 34.1 Å². The fourth-order valence-electron chi connectivity index (χ4n) is 1.75. The number of amides is 1. The van der Waals surface area contributed by atoms with Gasteiger partial charge in [-0.3, -0.25) is 4.79 Å². The van der Waals surface area contributed by atoms with Gasteiger partial charge in [-0.15, -0.1) is 0 Å². The maximum Gasteiger partial charge on any atom is 0.261 e. The summed E-state index contributed by atoms with van der Waals surface area (Å²) >= 11 is 6.02. The number of hydrogen-bond acceptors (Lipinski definition) is 3. The van der Waals surface area contributed by atoms with Crippen LogP contribution in [0.1, 0.15) is 34.1 Å². The third-order valence-corrected chi connectivity index (χ3v) is 2.80. The lowest BCUT2D eigenvalue weighted by atomic mass is 10.1. The fourth-order valence-corrected chi connectivity index (χ4v) is 1.99. The van der Waals surface area contributed by atoms with Crippen molar-refractivity contribution in [3.63, 3.8) is 0 Å². The minimum atomic E-state index is -0.209. The SMILES string of the molecule is C/C=C1/NC(=O)C(=C(/C)OCC)/C1=N/C(Cl)=C/CC. The Bertz CT molecular complexity index is 488. The van der Waals surface area contributed by atoms with E-state index in [0.717, 1.165) is 6.42 Å². The van der Waals surface area contributed by atoms with Crippen LogP contribution in [0.3, 0.4) is 0 Å². The second-order valence-corrected chi connectivity index (χ2v) is 4.30. The number of aliphatic imine (C=N–C) groups is 1. The minimum Gasteiger partial charge on any atom is -0.498 e. The zero-order valence-corrected chi connectivity index (χ0v) is 12.5. The Morgan fingerprint density at radius 2 is 2.16 bits per heavy atom. The Kier molecular flexibility index (Phi) is 5.83. The maximum absolute atomic E-state index is 12.0. The summed E-state index contributed by atoms with van der Waals surface area (Å²) in [6, 6.07) is 0. The van der Waals surface area contributed by atoms with Gasteiger partial charge < -0.3 is 10.1 Å². The first-order valence-electron chi connectivity index (χ1n) is 6.31. The van der Waals surface area contributed by atoms with Crippen molar-refractivity contribution in [2.24, 2.45) is 4.99 Å². The maximum atomic E-state index is 12.0.